The van der Waals surface area contributed by atoms with Crippen LogP contribution >= 0.6 is 15.9 Å². The Balaban J connectivity index is 2.28. The second-order valence-corrected chi connectivity index (χ2v) is 6.03. The number of carboxylic acid groups (broad SMARTS) is 1. The van der Waals surface area contributed by atoms with Crippen molar-refractivity contribution >= 4 is 27.6 Å². The van der Waals surface area contributed by atoms with Crippen molar-refractivity contribution in [3.05, 3.63) is 28.2 Å². The summed E-state index contributed by atoms with van der Waals surface area (Å²) in [6, 6.07) is 5.31. The molecule has 0 spiro atoms. The normalized spacial score (nSPS) is 15.7. The number of carbonyl (C=O) groups is 1. The average Bonchev–Trinajstić information content (AvgIpc) is 3.03. The topological polar surface area (TPSA) is 49.3 Å². The summed E-state index contributed by atoms with van der Waals surface area (Å²) in [6.45, 7) is 4.25. The molecule has 0 atom stereocenters. The number of aromatic carboxylic acids is 1. The number of hydrogen-bond acceptors (Lipinski definition) is 2. The molecule has 0 bridgehead atoms. The molecular weight excluding hydrogens is 282 g/mol. The molecule has 4 heteroatoms. The first kappa shape index (κ1) is 12.4. The molecule has 3 nitrogen and oxygen atoms in total. The third-order valence-corrected chi connectivity index (χ3v) is 3.76. The van der Waals surface area contributed by atoms with E-state index in [9.17, 15) is 9.90 Å². The van der Waals surface area contributed by atoms with Gasteiger partial charge in [0, 0.05) is 15.7 Å². The molecule has 0 aromatic heterocycles. The lowest BCUT2D eigenvalue weighted by Gasteiger charge is -2.28. The summed E-state index contributed by atoms with van der Waals surface area (Å²) in [5, 5.41) is 12.5. The van der Waals surface area contributed by atoms with Crippen LogP contribution in [0, 0.1) is 5.92 Å². The van der Waals surface area contributed by atoms with Crippen molar-refractivity contribution in [3.63, 3.8) is 0 Å². The van der Waals surface area contributed by atoms with Crippen molar-refractivity contribution in [3.8, 4) is 0 Å². The van der Waals surface area contributed by atoms with E-state index in [0.29, 0.717) is 17.2 Å². The van der Waals surface area contributed by atoms with Crippen LogP contribution in [0.15, 0.2) is 22.7 Å². The summed E-state index contributed by atoms with van der Waals surface area (Å²) < 4.78 is 0.782. The zero-order valence-electron chi connectivity index (χ0n) is 9.96. The maximum Gasteiger partial charge on any atom is 0.337 e. The molecule has 2 N–H and O–H groups in total. The Morgan fingerprint density at radius 2 is 2.12 bits per heavy atom. The molecular formula is C13H16BrNO2. The molecule has 1 saturated carbocycles. The maximum atomic E-state index is 11.2. The Morgan fingerprint density at radius 1 is 1.47 bits per heavy atom. The zero-order valence-corrected chi connectivity index (χ0v) is 11.5. The molecule has 0 aliphatic heterocycles. The van der Waals surface area contributed by atoms with Crippen LogP contribution in [0.4, 0.5) is 5.69 Å². The van der Waals surface area contributed by atoms with Crippen LogP contribution < -0.4 is 5.32 Å². The third-order valence-electron chi connectivity index (χ3n) is 3.27. The molecule has 0 radical (unpaired) electrons. The van der Waals surface area contributed by atoms with E-state index in [4.69, 9.17) is 0 Å². The molecule has 0 heterocycles. The molecule has 1 aromatic carbocycles. The predicted molar refractivity (Wildman–Crippen MR) is 71.5 cm³/mol. The van der Waals surface area contributed by atoms with Crippen molar-refractivity contribution in [1.82, 2.24) is 0 Å². The van der Waals surface area contributed by atoms with Gasteiger partial charge in [0.25, 0.3) is 0 Å². The van der Waals surface area contributed by atoms with Crippen molar-refractivity contribution in [2.45, 2.75) is 32.2 Å². The number of halogens is 1. The molecule has 1 fully saturated rings. The largest absolute Gasteiger partial charge is 0.478 e. The summed E-state index contributed by atoms with van der Waals surface area (Å²) in [6.07, 6.45) is 2.44. The average molecular weight is 298 g/mol. The number of hydrogen-bond donors (Lipinski definition) is 2. The van der Waals surface area contributed by atoms with E-state index in [2.05, 4.69) is 35.1 Å². The Hall–Kier alpha value is -1.03. The van der Waals surface area contributed by atoms with Gasteiger partial charge in [-0.1, -0.05) is 15.9 Å². The Bertz CT molecular complexity index is 453. The van der Waals surface area contributed by atoms with Gasteiger partial charge in [0.2, 0.25) is 0 Å². The summed E-state index contributed by atoms with van der Waals surface area (Å²) in [4.78, 5) is 11.2. The van der Waals surface area contributed by atoms with Crippen LogP contribution in [0.1, 0.15) is 37.0 Å². The number of nitrogens with one attached hydrogen (secondary N) is 1. The molecule has 0 saturated heterocycles. The third kappa shape index (κ3) is 2.80. The van der Waals surface area contributed by atoms with Gasteiger partial charge < -0.3 is 10.4 Å². The van der Waals surface area contributed by atoms with Crippen molar-refractivity contribution in [1.29, 1.82) is 0 Å². The van der Waals surface area contributed by atoms with Gasteiger partial charge in [0.1, 0.15) is 0 Å². The highest BCUT2D eigenvalue weighted by Crippen LogP contribution is 2.41. The summed E-state index contributed by atoms with van der Waals surface area (Å²) in [5.41, 5.74) is 0.962. The van der Waals surface area contributed by atoms with E-state index < -0.39 is 5.97 Å². The van der Waals surface area contributed by atoms with Gasteiger partial charge in [-0.3, -0.25) is 0 Å². The molecule has 17 heavy (non-hydrogen) atoms. The van der Waals surface area contributed by atoms with Crippen molar-refractivity contribution < 1.29 is 9.90 Å². The minimum Gasteiger partial charge on any atom is -0.478 e. The summed E-state index contributed by atoms with van der Waals surface area (Å²) >= 11 is 3.29. The van der Waals surface area contributed by atoms with Gasteiger partial charge in [0.15, 0.2) is 0 Å². The van der Waals surface area contributed by atoms with Crippen LogP contribution in [-0.4, -0.2) is 16.6 Å². The van der Waals surface area contributed by atoms with E-state index >= 15 is 0 Å². The monoisotopic (exact) mass is 297 g/mol. The number of rotatable bonds is 4. The van der Waals surface area contributed by atoms with Crippen molar-refractivity contribution in [2.24, 2.45) is 5.92 Å². The smallest absolute Gasteiger partial charge is 0.337 e. The Kier molecular flexibility index (Phi) is 3.17. The van der Waals surface area contributed by atoms with Crippen LogP contribution in [0.25, 0.3) is 0 Å². The standard InChI is InChI=1S/C13H16BrNO2/c1-13(2,8-3-4-8)15-11-6-5-9(14)7-10(11)12(16)17/h5-8,15H,3-4H2,1-2H3,(H,16,17). The Labute approximate surface area is 109 Å². The fourth-order valence-corrected chi connectivity index (χ4v) is 2.42. The van der Waals surface area contributed by atoms with Gasteiger partial charge in [-0.05, 0) is 50.8 Å². The van der Waals surface area contributed by atoms with Crippen LogP contribution in [0.3, 0.4) is 0 Å². The van der Waals surface area contributed by atoms with E-state index in [1.165, 1.54) is 12.8 Å². The molecule has 1 aromatic rings. The van der Waals surface area contributed by atoms with Crippen molar-refractivity contribution in [2.75, 3.05) is 5.32 Å². The molecule has 1 aliphatic carbocycles. The highest BCUT2D eigenvalue weighted by Gasteiger charge is 2.38. The first-order valence-corrected chi connectivity index (χ1v) is 6.50. The van der Waals surface area contributed by atoms with Crippen LogP contribution in [0.5, 0.6) is 0 Å². The minimum atomic E-state index is -0.902. The van der Waals surface area contributed by atoms with Gasteiger partial charge in [-0.2, -0.15) is 0 Å². The highest BCUT2D eigenvalue weighted by atomic mass is 79.9. The second kappa shape index (κ2) is 4.33. The SMILES string of the molecule is CC(C)(Nc1ccc(Br)cc1C(=O)O)C1CC1. The molecule has 92 valence electrons. The number of carboxylic acids is 1. The molecule has 0 unspecified atom stereocenters. The lowest BCUT2D eigenvalue weighted by atomic mass is 9.97. The number of anilines is 1. The molecule has 2 rings (SSSR count). The van der Waals surface area contributed by atoms with E-state index in [-0.39, 0.29) is 5.54 Å². The minimum absolute atomic E-state index is 0.0436. The van der Waals surface area contributed by atoms with Gasteiger partial charge >= 0.3 is 5.97 Å². The fraction of sp³-hybridized carbons (Fsp3) is 0.462. The summed E-state index contributed by atoms with van der Waals surface area (Å²) in [7, 11) is 0. The van der Waals surface area contributed by atoms with Gasteiger partial charge in [0.05, 0.1) is 5.56 Å². The first-order chi connectivity index (χ1) is 7.90. The fourth-order valence-electron chi connectivity index (χ4n) is 2.06. The van der Waals surface area contributed by atoms with Crippen LogP contribution in [0.2, 0.25) is 0 Å². The zero-order chi connectivity index (χ0) is 12.6. The molecule has 1 aliphatic rings. The summed E-state index contributed by atoms with van der Waals surface area (Å²) in [5.74, 6) is -0.256. The first-order valence-electron chi connectivity index (χ1n) is 5.71. The van der Waals surface area contributed by atoms with E-state index in [1.807, 2.05) is 12.1 Å². The maximum absolute atomic E-state index is 11.2. The van der Waals surface area contributed by atoms with Crippen LogP contribution in [-0.2, 0) is 0 Å². The molecule has 0 amide bonds. The predicted octanol–water partition coefficient (Wildman–Crippen LogP) is 3.75. The highest BCUT2D eigenvalue weighted by molar-refractivity contribution is 9.10. The second-order valence-electron chi connectivity index (χ2n) is 5.12. The van der Waals surface area contributed by atoms with E-state index in [1.54, 1.807) is 6.07 Å². The van der Waals surface area contributed by atoms with E-state index in [0.717, 1.165) is 4.47 Å². The Morgan fingerprint density at radius 3 is 2.65 bits per heavy atom. The van der Waals surface area contributed by atoms with Gasteiger partial charge in [-0.25, -0.2) is 4.79 Å². The lowest BCUT2D eigenvalue weighted by molar-refractivity contribution is 0.0697. The van der Waals surface area contributed by atoms with Gasteiger partial charge in [-0.15, -0.1) is 0 Å². The quantitative estimate of drug-likeness (QED) is 0.890. The number of benzene rings is 1. The lowest BCUT2D eigenvalue weighted by Crippen LogP contribution is -2.34.